The summed E-state index contributed by atoms with van der Waals surface area (Å²) in [5.74, 6) is -0.599. The number of amides is 1. The first kappa shape index (κ1) is 16.1. The third kappa shape index (κ3) is 4.10. The zero-order valence-electron chi connectivity index (χ0n) is 10.4. The first-order chi connectivity index (χ1) is 9.90. The number of hydrogen-bond acceptors (Lipinski definition) is 4. The molecule has 1 heterocycles. The van der Waals surface area contributed by atoms with Crippen LogP contribution in [0.5, 0.6) is 0 Å². The molecule has 0 aliphatic carbocycles. The van der Waals surface area contributed by atoms with Crippen LogP contribution in [0.25, 0.3) is 0 Å². The molecule has 1 aromatic heterocycles. The van der Waals surface area contributed by atoms with E-state index in [2.05, 4.69) is 42.3 Å². The van der Waals surface area contributed by atoms with Crippen LogP contribution in [0, 0.1) is 0 Å². The molecule has 9 heteroatoms. The van der Waals surface area contributed by atoms with Gasteiger partial charge in [0.15, 0.2) is 0 Å². The van der Waals surface area contributed by atoms with E-state index in [-0.39, 0.29) is 10.5 Å². The molecule has 1 amide bonds. The number of carbonyl (C=O) groups is 1. The molecule has 2 N–H and O–H groups in total. The Kier molecular flexibility index (Phi) is 5.09. The number of sulfonamides is 1. The minimum absolute atomic E-state index is 0.00311. The maximum Gasteiger partial charge on any atom is 0.267 e. The van der Waals surface area contributed by atoms with Gasteiger partial charge in [0.2, 0.25) is 0 Å². The second-order valence-corrected chi connectivity index (χ2v) is 7.30. The van der Waals surface area contributed by atoms with Gasteiger partial charge < -0.3 is 0 Å². The second kappa shape index (κ2) is 6.65. The third-order valence-corrected chi connectivity index (χ3v) is 5.14. The lowest BCUT2D eigenvalue weighted by atomic mass is 10.3. The summed E-state index contributed by atoms with van der Waals surface area (Å²) in [5.41, 5.74) is 2.38. The highest BCUT2D eigenvalue weighted by molar-refractivity contribution is 9.11. The molecule has 0 bridgehead atoms. The van der Waals surface area contributed by atoms with Crippen molar-refractivity contribution < 1.29 is 13.2 Å². The van der Waals surface area contributed by atoms with Crippen molar-refractivity contribution >= 4 is 47.8 Å². The van der Waals surface area contributed by atoms with Crippen molar-refractivity contribution in [2.75, 3.05) is 0 Å². The number of nitrogens with one attached hydrogen (secondary N) is 2. The van der Waals surface area contributed by atoms with Gasteiger partial charge in [-0.3, -0.25) is 15.2 Å². The molecule has 21 heavy (non-hydrogen) atoms. The molecule has 2 aromatic rings. The van der Waals surface area contributed by atoms with Gasteiger partial charge in [-0.15, -0.1) is 4.83 Å². The zero-order valence-corrected chi connectivity index (χ0v) is 14.4. The van der Waals surface area contributed by atoms with Crippen LogP contribution in [0.1, 0.15) is 10.4 Å². The monoisotopic (exact) mass is 433 g/mol. The number of pyridine rings is 1. The van der Waals surface area contributed by atoms with Gasteiger partial charge in [-0.05, 0) is 46.3 Å². The van der Waals surface area contributed by atoms with Gasteiger partial charge in [0.25, 0.3) is 15.9 Å². The van der Waals surface area contributed by atoms with Crippen molar-refractivity contribution in [1.29, 1.82) is 0 Å². The molecule has 0 aliphatic rings. The van der Waals surface area contributed by atoms with Crippen molar-refractivity contribution in [2.24, 2.45) is 0 Å². The standard InChI is InChI=1S/C12H9Br2N3O3S/c13-9-3-4-10(14)11(6-9)21(19,20)17-16-12(18)8-2-1-5-15-7-8/h1-7,17H,(H,16,18). The minimum atomic E-state index is -3.90. The van der Waals surface area contributed by atoms with Gasteiger partial charge in [0.05, 0.1) is 10.5 Å². The molecular weight excluding hydrogens is 426 g/mol. The van der Waals surface area contributed by atoms with Crippen molar-refractivity contribution in [1.82, 2.24) is 15.2 Å². The van der Waals surface area contributed by atoms with Crippen molar-refractivity contribution in [2.45, 2.75) is 4.90 Å². The van der Waals surface area contributed by atoms with Gasteiger partial charge in [-0.1, -0.05) is 15.9 Å². The van der Waals surface area contributed by atoms with Crippen LogP contribution in [0.4, 0.5) is 0 Å². The van der Waals surface area contributed by atoms with Crippen molar-refractivity contribution in [3.8, 4) is 0 Å². The third-order valence-electron chi connectivity index (χ3n) is 2.41. The molecule has 0 radical (unpaired) electrons. The summed E-state index contributed by atoms with van der Waals surface area (Å²) in [6.45, 7) is 0. The minimum Gasteiger partial charge on any atom is -0.273 e. The molecule has 110 valence electrons. The van der Waals surface area contributed by atoms with Crippen LogP contribution in [0.15, 0.2) is 56.6 Å². The Bertz CT molecular complexity index is 767. The van der Waals surface area contributed by atoms with E-state index >= 15 is 0 Å². The molecule has 0 fully saturated rings. The van der Waals surface area contributed by atoms with E-state index in [9.17, 15) is 13.2 Å². The predicted octanol–water partition coefficient (Wildman–Crippen LogP) is 2.23. The maximum atomic E-state index is 12.1. The Hall–Kier alpha value is -1.29. The summed E-state index contributed by atoms with van der Waals surface area (Å²) in [6.07, 6.45) is 2.85. The molecule has 0 aliphatic heterocycles. The van der Waals surface area contributed by atoms with E-state index in [1.165, 1.54) is 24.5 Å². The van der Waals surface area contributed by atoms with Crippen LogP contribution in [0.3, 0.4) is 0 Å². The molecule has 0 saturated heterocycles. The van der Waals surface area contributed by atoms with E-state index in [1.807, 2.05) is 4.83 Å². The summed E-state index contributed by atoms with van der Waals surface area (Å²) >= 11 is 6.35. The Morgan fingerprint density at radius 2 is 1.95 bits per heavy atom. The molecule has 2 rings (SSSR count). The molecule has 0 saturated carbocycles. The van der Waals surface area contributed by atoms with E-state index in [0.717, 1.165) is 0 Å². The second-order valence-electron chi connectivity index (χ2n) is 3.88. The van der Waals surface area contributed by atoms with E-state index < -0.39 is 15.9 Å². The summed E-state index contributed by atoms with van der Waals surface area (Å²) in [5, 5.41) is 0. The van der Waals surface area contributed by atoms with Gasteiger partial charge in [0, 0.05) is 21.3 Å². The highest BCUT2D eigenvalue weighted by Crippen LogP contribution is 2.25. The smallest absolute Gasteiger partial charge is 0.267 e. The summed E-state index contributed by atoms with van der Waals surface area (Å²) in [6, 6.07) is 7.79. The Morgan fingerprint density at radius 1 is 1.19 bits per heavy atom. The Labute approximate surface area is 138 Å². The van der Waals surface area contributed by atoms with Crippen LogP contribution < -0.4 is 10.3 Å². The number of hydrogen-bond donors (Lipinski definition) is 2. The topological polar surface area (TPSA) is 88.2 Å². The van der Waals surface area contributed by atoms with Crippen molar-refractivity contribution in [3.63, 3.8) is 0 Å². The highest BCUT2D eigenvalue weighted by atomic mass is 79.9. The summed E-state index contributed by atoms with van der Waals surface area (Å²) in [4.78, 5) is 17.6. The van der Waals surface area contributed by atoms with Crippen molar-refractivity contribution in [3.05, 3.63) is 57.2 Å². The Balaban J connectivity index is 2.15. The van der Waals surface area contributed by atoms with Gasteiger partial charge in [-0.25, -0.2) is 8.42 Å². The molecular formula is C12H9Br2N3O3S. The molecule has 0 spiro atoms. The molecule has 0 atom stereocenters. The van der Waals surface area contributed by atoms with Crippen LogP contribution >= 0.6 is 31.9 Å². The van der Waals surface area contributed by atoms with Crippen LogP contribution in [0.2, 0.25) is 0 Å². The molecule has 1 aromatic carbocycles. The lowest BCUT2D eigenvalue weighted by Gasteiger charge is -2.10. The fourth-order valence-electron chi connectivity index (χ4n) is 1.42. The van der Waals surface area contributed by atoms with E-state index in [4.69, 9.17) is 0 Å². The number of halogens is 2. The number of nitrogens with zero attached hydrogens (tertiary/aromatic N) is 1. The lowest BCUT2D eigenvalue weighted by Crippen LogP contribution is -2.41. The first-order valence-corrected chi connectivity index (χ1v) is 8.64. The summed E-state index contributed by atoms with van der Waals surface area (Å²) in [7, 11) is -3.90. The number of rotatable bonds is 4. The number of carbonyl (C=O) groups excluding carboxylic acids is 1. The molecule has 6 nitrogen and oxygen atoms in total. The lowest BCUT2D eigenvalue weighted by molar-refractivity contribution is 0.0944. The van der Waals surface area contributed by atoms with Crippen LogP contribution in [-0.2, 0) is 10.0 Å². The fraction of sp³-hybridized carbons (Fsp3) is 0. The Morgan fingerprint density at radius 3 is 2.62 bits per heavy atom. The van der Waals surface area contributed by atoms with E-state index in [1.54, 1.807) is 18.2 Å². The first-order valence-electron chi connectivity index (χ1n) is 5.57. The largest absolute Gasteiger partial charge is 0.273 e. The quantitative estimate of drug-likeness (QED) is 0.722. The number of aromatic nitrogens is 1. The average molecular weight is 435 g/mol. The summed E-state index contributed by atoms with van der Waals surface area (Å²) < 4.78 is 25.3. The van der Waals surface area contributed by atoms with Gasteiger partial charge in [0.1, 0.15) is 0 Å². The number of hydrazine groups is 1. The van der Waals surface area contributed by atoms with Gasteiger partial charge in [-0.2, -0.15) is 0 Å². The van der Waals surface area contributed by atoms with E-state index in [0.29, 0.717) is 8.95 Å². The van der Waals surface area contributed by atoms with Gasteiger partial charge >= 0.3 is 0 Å². The molecule has 0 unspecified atom stereocenters. The SMILES string of the molecule is O=C(NNS(=O)(=O)c1cc(Br)ccc1Br)c1cccnc1. The predicted molar refractivity (Wildman–Crippen MR) is 83.9 cm³/mol. The normalized spacial score (nSPS) is 11.1. The zero-order chi connectivity index (χ0) is 15.5. The number of benzene rings is 1. The highest BCUT2D eigenvalue weighted by Gasteiger charge is 2.19. The average Bonchev–Trinajstić information content (AvgIpc) is 2.48. The van der Waals surface area contributed by atoms with Crippen LogP contribution in [-0.4, -0.2) is 19.3 Å². The fourth-order valence-corrected chi connectivity index (χ4v) is 3.76. The maximum absolute atomic E-state index is 12.1.